The zero-order valence-corrected chi connectivity index (χ0v) is 9.76. The SMILES string of the molecule is C#CCOc1ccc(Cl)cc1CNC1CC1. The molecule has 1 aromatic carbocycles. The summed E-state index contributed by atoms with van der Waals surface area (Å²) in [5.74, 6) is 3.27. The zero-order chi connectivity index (χ0) is 11.4. The van der Waals surface area contributed by atoms with Gasteiger partial charge in [0.05, 0.1) is 0 Å². The van der Waals surface area contributed by atoms with Gasteiger partial charge in [-0.1, -0.05) is 17.5 Å². The first-order valence-corrected chi connectivity index (χ1v) is 5.75. The van der Waals surface area contributed by atoms with Crippen LogP contribution < -0.4 is 10.1 Å². The van der Waals surface area contributed by atoms with E-state index in [0.717, 1.165) is 22.9 Å². The van der Waals surface area contributed by atoms with Crippen LogP contribution in [0.25, 0.3) is 0 Å². The van der Waals surface area contributed by atoms with Gasteiger partial charge >= 0.3 is 0 Å². The van der Waals surface area contributed by atoms with E-state index >= 15 is 0 Å². The Labute approximate surface area is 101 Å². The second-order valence-corrected chi connectivity index (χ2v) is 4.34. The van der Waals surface area contributed by atoms with Gasteiger partial charge in [-0.15, -0.1) is 6.42 Å². The number of ether oxygens (including phenoxy) is 1. The topological polar surface area (TPSA) is 21.3 Å². The van der Waals surface area contributed by atoms with Crippen LogP contribution in [-0.2, 0) is 6.54 Å². The minimum absolute atomic E-state index is 0.290. The summed E-state index contributed by atoms with van der Waals surface area (Å²) in [5, 5.41) is 4.15. The first-order valence-electron chi connectivity index (χ1n) is 5.37. The largest absolute Gasteiger partial charge is 0.481 e. The molecule has 0 bridgehead atoms. The van der Waals surface area contributed by atoms with Crippen molar-refractivity contribution >= 4 is 11.6 Å². The molecule has 1 fully saturated rings. The molecule has 0 unspecified atom stereocenters. The van der Waals surface area contributed by atoms with Crippen molar-refractivity contribution in [1.29, 1.82) is 0 Å². The number of benzene rings is 1. The van der Waals surface area contributed by atoms with Crippen LogP contribution >= 0.6 is 11.6 Å². The zero-order valence-electron chi connectivity index (χ0n) is 9.00. The Morgan fingerprint density at radius 2 is 2.31 bits per heavy atom. The number of terminal acetylenes is 1. The van der Waals surface area contributed by atoms with Crippen LogP contribution in [0, 0.1) is 12.3 Å². The van der Waals surface area contributed by atoms with Crippen molar-refractivity contribution in [2.75, 3.05) is 6.61 Å². The molecule has 16 heavy (non-hydrogen) atoms. The first kappa shape index (κ1) is 11.3. The molecule has 1 saturated carbocycles. The van der Waals surface area contributed by atoms with Gasteiger partial charge in [0.2, 0.25) is 0 Å². The summed E-state index contributed by atoms with van der Waals surface area (Å²) in [7, 11) is 0. The summed E-state index contributed by atoms with van der Waals surface area (Å²) in [5.41, 5.74) is 1.06. The van der Waals surface area contributed by atoms with Crippen molar-refractivity contribution in [3.63, 3.8) is 0 Å². The lowest BCUT2D eigenvalue weighted by molar-refractivity contribution is 0.365. The molecule has 0 atom stereocenters. The fourth-order valence-electron chi connectivity index (χ4n) is 1.49. The molecule has 1 aliphatic rings. The monoisotopic (exact) mass is 235 g/mol. The molecule has 0 radical (unpaired) electrons. The van der Waals surface area contributed by atoms with Crippen molar-refractivity contribution in [2.24, 2.45) is 0 Å². The maximum atomic E-state index is 5.96. The standard InChI is InChI=1S/C13H14ClNO/c1-2-7-16-13-6-3-11(14)8-10(13)9-15-12-4-5-12/h1,3,6,8,12,15H,4-5,7,9H2. The molecular weight excluding hydrogens is 222 g/mol. The van der Waals surface area contributed by atoms with E-state index < -0.39 is 0 Å². The van der Waals surface area contributed by atoms with Gasteiger partial charge in [0.25, 0.3) is 0 Å². The van der Waals surface area contributed by atoms with Crippen LogP contribution in [-0.4, -0.2) is 12.6 Å². The van der Waals surface area contributed by atoms with Gasteiger partial charge in [0.1, 0.15) is 12.4 Å². The number of nitrogens with one attached hydrogen (secondary N) is 1. The number of hydrogen-bond donors (Lipinski definition) is 1. The minimum Gasteiger partial charge on any atom is -0.481 e. The molecule has 3 heteroatoms. The van der Waals surface area contributed by atoms with E-state index in [0.29, 0.717) is 6.04 Å². The lowest BCUT2D eigenvalue weighted by atomic mass is 10.2. The van der Waals surface area contributed by atoms with E-state index in [4.69, 9.17) is 22.8 Å². The van der Waals surface area contributed by atoms with E-state index in [-0.39, 0.29) is 6.61 Å². The highest BCUT2D eigenvalue weighted by Crippen LogP contribution is 2.25. The molecule has 1 aromatic rings. The Morgan fingerprint density at radius 1 is 1.50 bits per heavy atom. The highest BCUT2D eigenvalue weighted by atomic mass is 35.5. The van der Waals surface area contributed by atoms with Gasteiger partial charge in [-0.25, -0.2) is 0 Å². The van der Waals surface area contributed by atoms with E-state index in [2.05, 4.69) is 11.2 Å². The van der Waals surface area contributed by atoms with Crippen LogP contribution in [0.2, 0.25) is 5.02 Å². The van der Waals surface area contributed by atoms with Crippen molar-refractivity contribution < 1.29 is 4.74 Å². The van der Waals surface area contributed by atoms with E-state index in [1.165, 1.54) is 12.8 Å². The fraction of sp³-hybridized carbons (Fsp3) is 0.385. The average Bonchev–Trinajstić information content (AvgIpc) is 3.09. The summed E-state index contributed by atoms with van der Waals surface area (Å²) in [6, 6.07) is 6.26. The number of hydrogen-bond acceptors (Lipinski definition) is 2. The van der Waals surface area contributed by atoms with Gasteiger partial charge in [0, 0.05) is 23.2 Å². The summed E-state index contributed by atoms with van der Waals surface area (Å²) >= 11 is 5.96. The molecular formula is C13H14ClNO. The van der Waals surface area contributed by atoms with Gasteiger partial charge < -0.3 is 10.1 Å². The molecule has 1 aliphatic carbocycles. The van der Waals surface area contributed by atoms with E-state index in [1.807, 2.05) is 18.2 Å². The van der Waals surface area contributed by atoms with Crippen LogP contribution in [0.1, 0.15) is 18.4 Å². The summed E-state index contributed by atoms with van der Waals surface area (Å²) < 4.78 is 5.46. The third kappa shape index (κ3) is 3.16. The Balaban J connectivity index is 2.04. The smallest absolute Gasteiger partial charge is 0.148 e. The van der Waals surface area contributed by atoms with Crippen molar-refractivity contribution in [2.45, 2.75) is 25.4 Å². The van der Waals surface area contributed by atoms with Crippen molar-refractivity contribution in [1.82, 2.24) is 5.32 Å². The predicted octanol–water partition coefficient (Wildman–Crippen LogP) is 2.60. The molecule has 0 aliphatic heterocycles. The van der Waals surface area contributed by atoms with E-state index in [9.17, 15) is 0 Å². The summed E-state index contributed by atoms with van der Waals surface area (Å²) in [6.07, 6.45) is 7.70. The third-order valence-corrected chi connectivity index (χ3v) is 2.73. The normalized spacial score (nSPS) is 14.5. The maximum absolute atomic E-state index is 5.96. The lowest BCUT2D eigenvalue weighted by Gasteiger charge is -2.10. The van der Waals surface area contributed by atoms with Crippen LogP contribution in [0.5, 0.6) is 5.75 Å². The molecule has 0 spiro atoms. The van der Waals surface area contributed by atoms with Gasteiger partial charge in [0.15, 0.2) is 0 Å². The Kier molecular flexibility index (Phi) is 3.71. The van der Waals surface area contributed by atoms with E-state index in [1.54, 1.807) is 0 Å². The van der Waals surface area contributed by atoms with Crippen molar-refractivity contribution in [3.05, 3.63) is 28.8 Å². The molecule has 0 saturated heterocycles. The second kappa shape index (κ2) is 5.25. The lowest BCUT2D eigenvalue weighted by Crippen LogP contribution is -2.16. The highest BCUT2D eigenvalue weighted by Gasteiger charge is 2.20. The van der Waals surface area contributed by atoms with Crippen molar-refractivity contribution in [3.8, 4) is 18.1 Å². The highest BCUT2D eigenvalue weighted by molar-refractivity contribution is 6.30. The average molecular weight is 236 g/mol. The van der Waals surface area contributed by atoms with Crippen LogP contribution in [0.3, 0.4) is 0 Å². The summed E-state index contributed by atoms with van der Waals surface area (Å²) in [6.45, 7) is 1.07. The molecule has 1 N–H and O–H groups in total. The molecule has 0 heterocycles. The Hall–Kier alpha value is -1.17. The Morgan fingerprint density at radius 3 is 3.00 bits per heavy atom. The first-order chi connectivity index (χ1) is 7.79. The van der Waals surface area contributed by atoms with Gasteiger partial charge in [-0.05, 0) is 31.0 Å². The number of rotatable bonds is 5. The van der Waals surface area contributed by atoms with Crippen LogP contribution in [0.4, 0.5) is 0 Å². The van der Waals surface area contributed by atoms with Crippen LogP contribution in [0.15, 0.2) is 18.2 Å². The number of halogens is 1. The predicted molar refractivity (Wildman–Crippen MR) is 65.6 cm³/mol. The molecule has 2 nitrogen and oxygen atoms in total. The Bertz CT molecular complexity index is 407. The molecule has 0 amide bonds. The third-order valence-electron chi connectivity index (χ3n) is 2.49. The molecule has 84 valence electrons. The fourth-order valence-corrected chi connectivity index (χ4v) is 1.68. The maximum Gasteiger partial charge on any atom is 0.148 e. The quantitative estimate of drug-likeness (QED) is 0.793. The second-order valence-electron chi connectivity index (χ2n) is 3.90. The summed E-state index contributed by atoms with van der Waals surface area (Å²) in [4.78, 5) is 0. The molecule has 0 aromatic heterocycles. The minimum atomic E-state index is 0.290. The van der Waals surface area contributed by atoms with Gasteiger partial charge in [-0.2, -0.15) is 0 Å². The molecule has 2 rings (SSSR count). The van der Waals surface area contributed by atoms with Gasteiger partial charge in [-0.3, -0.25) is 0 Å².